The average molecular weight is 556 g/mol. The van der Waals surface area contributed by atoms with Crippen molar-refractivity contribution in [3.63, 3.8) is 0 Å². The van der Waals surface area contributed by atoms with E-state index in [9.17, 15) is 26.6 Å². The Morgan fingerprint density at radius 2 is 1.82 bits per heavy atom. The molecule has 38 heavy (non-hydrogen) atoms. The van der Waals surface area contributed by atoms with Gasteiger partial charge in [0.05, 0.1) is 12.1 Å². The fraction of sp³-hybridized carbons (Fsp3) is 0.538. The van der Waals surface area contributed by atoms with E-state index in [-0.39, 0.29) is 22.8 Å². The average Bonchev–Trinajstić information content (AvgIpc) is 3.35. The van der Waals surface area contributed by atoms with Crippen molar-refractivity contribution in [1.29, 1.82) is 0 Å². The van der Waals surface area contributed by atoms with E-state index in [0.717, 1.165) is 41.9 Å². The fourth-order valence-corrected chi connectivity index (χ4v) is 6.09. The topological polar surface area (TPSA) is 89.2 Å². The van der Waals surface area contributed by atoms with Crippen LogP contribution >= 0.6 is 0 Å². The number of aromatic nitrogens is 4. The smallest absolute Gasteiger partial charge is 0.323 e. The Morgan fingerprint density at radius 1 is 1.16 bits per heavy atom. The van der Waals surface area contributed by atoms with Crippen molar-refractivity contribution in [2.45, 2.75) is 57.0 Å². The van der Waals surface area contributed by atoms with Gasteiger partial charge in [-0.2, -0.15) is 17.6 Å². The second kappa shape index (κ2) is 12.4. The first-order valence-electron chi connectivity index (χ1n) is 12.3. The van der Waals surface area contributed by atoms with Crippen LogP contribution < -0.4 is 5.32 Å². The summed E-state index contributed by atoms with van der Waals surface area (Å²) in [5.41, 5.74) is 2.67. The molecular weight excluding hydrogens is 522 g/mol. The Hall–Kier alpha value is -2.73. The molecule has 5 rings (SSSR count). The molecule has 1 fully saturated rings. The molecule has 2 aliphatic rings. The number of nitrogens with one attached hydrogen (secondary N) is 1. The zero-order chi connectivity index (χ0) is 28.1. The monoisotopic (exact) mass is 555 g/mol. The third kappa shape index (κ3) is 7.43. The van der Waals surface area contributed by atoms with Gasteiger partial charge < -0.3 is 10.1 Å². The number of carbonyl (C=O) groups excluding carboxylic acids is 1. The fourth-order valence-electron chi connectivity index (χ4n) is 4.76. The van der Waals surface area contributed by atoms with Crippen molar-refractivity contribution in [1.82, 2.24) is 24.9 Å². The molecule has 1 atom stereocenters. The van der Waals surface area contributed by atoms with Crippen LogP contribution in [0.4, 0.5) is 17.6 Å². The highest BCUT2D eigenvalue weighted by Gasteiger charge is 2.41. The molecule has 1 aliphatic carbocycles. The Labute approximate surface area is 221 Å². The van der Waals surface area contributed by atoms with Gasteiger partial charge in [-0.1, -0.05) is 19.9 Å². The third-order valence-corrected chi connectivity index (χ3v) is 7.83. The SMILES string of the molecule is CC1(C)CC(c2ccc(CC(F)(F)F)cn2)c2cnc3cc(F)nn3c21.CNC.O=CC1CCS(=O)CC1. The minimum Gasteiger partial charge on any atom is -0.323 e. The van der Waals surface area contributed by atoms with Crippen molar-refractivity contribution in [2.24, 2.45) is 5.92 Å². The Balaban J connectivity index is 0.000000278. The highest BCUT2D eigenvalue weighted by Crippen LogP contribution is 2.47. The first-order chi connectivity index (χ1) is 17.9. The number of rotatable bonds is 3. The van der Waals surface area contributed by atoms with Crippen LogP contribution in [-0.4, -0.2) is 61.9 Å². The molecule has 7 nitrogen and oxygen atoms in total. The van der Waals surface area contributed by atoms with Gasteiger partial charge >= 0.3 is 6.18 Å². The van der Waals surface area contributed by atoms with Crippen LogP contribution in [0.1, 0.15) is 61.5 Å². The molecular formula is C26H33F4N5O2S. The summed E-state index contributed by atoms with van der Waals surface area (Å²) < 4.78 is 63.3. The normalized spacial score (nSPS) is 22.1. The molecule has 0 aromatic carbocycles. The van der Waals surface area contributed by atoms with E-state index in [1.165, 1.54) is 22.8 Å². The quantitative estimate of drug-likeness (QED) is 0.382. The molecule has 1 aliphatic heterocycles. The first kappa shape index (κ1) is 29.8. The van der Waals surface area contributed by atoms with Crippen LogP contribution in [0.25, 0.3) is 5.65 Å². The van der Waals surface area contributed by atoms with Gasteiger partial charge in [-0.15, -0.1) is 5.10 Å². The maximum Gasteiger partial charge on any atom is 0.393 e. The molecule has 12 heteroatoms. The van der Waals surface area contributed by atoms with Crippen LogP contribution in [0.2, 0.25) is 0 Å². The Morgan fingerprint density at radius 3 is 2.37 bits per heavy atom. The van der Waals surface area contributed by atoms with Gasteiger partial charge in [-0.3, -0.25) is 9.19 Å². The summed E-state index contributed by atoms with van der Waals surface area (Å²) in [5, 5.41) is 6.66. The van der Waals surface area contributed by atoms with E-state index in [0.29, 0.717) is 17.8 Å². The van der Waals surface area contributed by atoms with E-state index in [4.69, 9.17) is 0 Å². The minimum absolute atomic E-state index is 0.121. The number of hydrogen-bond donors (Lipinski definition) is 1. The second-order valence-electron chi connectivity index (χ2n) is 10.1. The van der Waals surface area contributed by atoms with Crippen LogP contribution in [0.3, 0.4) is 0 Å². The number of halogens is 4. The van der Waals surface area contributed by atoms with Gasteiger partial charge in [0, 0.05) is 69.3 Å². The summed E-state index contributed by atoms with van der Waals surface area (Å²) in [4.78, 5) is 18.7. The molecule has 3 aromatic rings. The van der Waals surface area contributed by atoms with Crippen molar-refractivity contribution >= 4 is 22.7 Å². The van der Waals surface area contributed by atoms with Gasteiger partial charge in [-0.05, 0) is 45.0 Å². The number of pyridine rings is 1. The highest BCUT2D eigenvalue weighted by atomic mass is 32.2. The summed E-state index contributed by atoms with van der Waals surface area (Å²) in [7, 11) is 3.13. The van der Waals surface area contributed by atoms with Crippen LogP contribution in [-0.2, 0) is 27.4 Å². The molecule has 1 unspecified atom stereocenters. The van der Waals surface area contributed by atoms with Crippen molar-refractivity contribution in [3.8, 4) is 0 Å². The minimum atomic E-state index is -4.26. The van der Waals surface area contributed by atoms with Gasteiger partial charge in [0.25, 0.3) is 0 Å². The maximum absolute atomic E-state index is 13.6. The number of hydrogen-bond acceptors (Lipinski definition) is 6. The van der Waals surface area contributed by atoms with E-state index in [1.807, 2.05) is 27.9 Å². The van der Waals surface area contributed by atoms with E-state index >= 15 is 0 Å². The van der Waals surface area contributed by atoms with E-state index in [2.05, 4.69) is 20.4 Å². The largest absolute Gasteiger partial charge is 0.393 e. The van der Waals surface area contributed by atoms with Crippen LogP contribution in [0.15, 0.2) is 30.6 Å². The van der Waals surface area contributed by atoms with Crippen molar-refractivity contribution in [3.05, 3.63) is 59.1 Å². The molecule has 1 N–H and O–H groups in total. The lowest BCUT2D eigenvalue weighted by Crippen LogP contribution is -2.18. The van der Waals surface area contributed by atoms with Crippen molar-refractivity contribution in [2.75, 3.05) is 25.6 Å². The molecule has 4 heterocycles. The molecule has 0 bridgehead atoms. The zero-order valence-corrected chi connectivity index (χ0v) is 22.7. The Bertz CT molecular complexity index is 1250. The molecule has 0 spiro atoms. The lowest BCUT2D eigenvalue weighted by atomic mass is 9.88. The summed E-state index contributed by atoms with van der Waals surface area (Å²) >= 11 is 0. The molecule has 1 saturated heterocycles. The van der Waals surface area contributed by atoms with Gasteiger partial charge in [0.2, 0.25) is 5.95 Å². The number of fused-ring (bicyclic) bond motifs is 3. The van der Waals surface area contributed by atoms with E-state index in [1.54, 1.807) is 12.3 Å². The lowest BCUT2D eigenvalue weighted by molar-refractivity contribution is -0.127. The number of carbonyl (C=O) groups is 1. The second-order valence-corrected chi connectivity index (χ2v) is 11.8. The lowest BCUT2D eigenvalue weighted by Gasteiger charge is -2.19. The maximum atomic E-state index is 13.6. The predicted molar refractivity (Wildman–Crippen MR) is 138 cm³/mol. The zero-order valence-electron chi connectivity index (χ0n) is 21.9. The highest BCUT2D eigenvalue weighted by molar-refractivity contribution is 7.85. The molecule has 0 amide bonds. The third-order valence-electron chi connectivity index (χ3n) is 6.45. The summed E-state index contributed by atoms with van der Waals surface area (Å²) in [6.07, 6.45) is 1.04. The van der Waals surface area contributed by atoms with Crippen LogP contribution in [0, 0.1) is 11.9 Å². The predicted octanol–water partition coefficient (Wildman–Crippen LogP) is 4.36. The molecule has 0 radical (unpaired) electrons. The summed E-state index contributed by atoms with van der Waals surface area (Å²) in [6, 6.07) is 4.36. The summed E-state index contributed by atoms with van der Waals surface area (Å²) in [5.74, 6) is 0.930. The molecule has 0 saturated carbocycles. The van der Waals surface area contributed by atoms with Gasteiger partial charge in [0.15, 0.2) is 5.65 Å². The number of alkyl halides is 3. The van der Waals surface area contributed by atoms with E-state index < -0.39 is 29.3 Å². The van der Waals surface area contributed by atoms with Gasteiger partial charge in [0.1, 0.15) is 6.29 Å². The number of aldehydes is 1. The number of nitrogens with zero attached hydrogens (tertiary/aromatic N) is 4. The molecule has 208 valence electrons. The van der Waals surface area contributed by atoms with Gasteiger partial charge in [-0.25, -0.2) is 9.50 Å². The summed E-state index contributed by atoms with van der Waals surface area (Å²) in [6.45, 7) is 4.06. The van der Waals surface area contributed by atoms with Crippen molar-refractivity contribution < 1.29 is 26.6 Å². The standard InChI is InChI=1S/C18H16F4N4.C6H10O2S.C2H7N/c1-17(2)7-11(13-4-3-10(8-23-13)6-18(20,21)22)12-9-24-15-5-14(19)25-26(15)16(12)17;7-5-6-1-3-9(8)4-2-6;1-3-2/h3-5,8-9,11H,6-7H2,1-2H3;5-6H,1-4H2;3H,1-2H3. The van der Waals surface area contributed by atoms with Crippen LogP contribution in [0.5, 0.6) is 0 Å². The Kier molecular flexibility index (Phi) is 9.74. The molecule has 3 aromatic heterocycles. The first-order valence-corrected chi connectivity index (χ1v) is 13.8.